The molecule has 0 fully saturated rings. The number of hydrogen-bond donors (Lipinski definition) is 1. The maximum absolute atomic E-state index is 4.63. The van der Waals surface area contributed by atoms with Crippen LogP contribution in [0.25, 0.3) is 11.3 Å². The molecule has 0 atom stereocenters. The summed E-state index contributed by atoms with van der Waals surface area (Å²) in [4.78, 5) is 5.81. The maximum atomic E-state index is 4.63. The summed E-state index contributed by atoms with van der Waals surface area (Å²) < 4.78 is 0. The quantitative estimate of drug-likeness (QED) is 0.522. The third-order valence-corrected chi connectivity index (χ3v) is 4.48. The highest BCUT2D eigenvalue weighted by Crippen LogP contribution is 2.30. The molecule has 3 nitrogen and oxygen atoms in total. The van der Waals surface area contributed by atoms with Crippen LogP contribution < -0.4 is 5.43 Å². The van der Waals surface area contributed by atoms with Gasteiger partial charge in [-0.3, -0.25) is 5.43 Å². The van der Waals surface area contributed by atoms with Gasteiger partial charge in [0.05, 0.1) is 11.9 Å². The third kappa shape index (κ3) is 3.85. The summed E-state index contributed by atoms with van der Waals surface area (Å²) in [6, 6.07) is 18.6. The van der Waals surface area contributed by atoms with Gasteiger partial charge in [0.1, 0.15) is 0 Å². The van der Waals surface area contributed by atoms with Crippen LogP contribution in [0.2, 0.25) is 0 Å². The van der Waals surface area contributed by atoms with Crippen LogP contribution in [0.15, 0.2) is 59.7 Å². The lowest BCUT2D eigenvalue weighted by atomic mass is 10.1. The minimum absolute atomic E-state index is 0.808. The maximum Gasteiger partial charge on any atom is 0.204 e. The molecule has 116 valence electrons. The molecule has 0 aliphatic carbocycles. The Morgan fingerprint density at radius 1 is 1.09 bits per heavy atom. The highest BCUT2D eigenvalue weighted by Gasteiger charge is 2.08. The second kappa shape index (κ2) is 7.20. The number of aryl methyl sites for hydroxylation is 2. The number of thiazole rings is 1. The topological polar surface area (TPSA) is 37.3 Å². The summed E-state index contributed by atoms with van der Waals surface area (Å²) in [6.45, 7) is 4.23. The van der Waals surface area contributed by atoms with Crippen molar-refractivity contribution in [2.75, 3.05) is 5.43 Å². The Kier molecular flexibility index (Phi) is 4.83. The van der Waals surface area contributed by atoms with Gasteiger partial charge in [-0.05, 0) is 24.5 Å². The van der Waals surface area contributed by atoms with Crippen LogP contribution >= 0.6 is 11.3 Å². The van der Waals surface area contributed by atoms with Crippen LogP contribution in [0, 0.1) is 6.92 Å². The van der Waals surface area contributed by atoms with Crippen LogP contribution in [0.3, 0.4) is 0 Å². The first kappa shape index (κ1) is 15.4. The summed E-state index contributed by atoms with van der Waals surface area (Å²) in [5.74, 6) is 0. The first-order valence-electron chi connectivity index (χ1n) is 7.67. The molecule has 1 aromatic heterocycles. The van der Waals surface area contributed by atoms with Crippen molar-refractivity contribution >= 4 is 22.7 Å². The zero-order valence-electron chi connectivity index (χ0n) is 13.3. The van der Waals surface area contributed by atoms with Gasteiger partial charge >= 0.3 is 0 Å². The Bertz CT molecular complexity index is 789. The SMILES string of the molecule is CCc1ccc(/C=N/Nc2nc(-c3ccccc3)c(C)s2)cc1. The van der Waals surface area contributed by atoms with Crippen molar-refractivity contribution in [1.29, 1.82) is 0 Å². The fourth-order valence-corrected chi connectivity index (χ4v) is 3.10. The summed E-state index contributed by atoms with van der Waals surface area (Å²) in [5, 5.41) is 5.10. The lowest BCUT2D eigenvalue weighted by Crippen LogP contribution is -1.90. The monoisotopic (exact) mass is 321 g/mol. The first-order valence-corrected chi connectivity index (χ1v) is 8.49. The number of hydrogen-bond acceptors (Lipinski definition) is 4. The van der Waals surface area contributed by atoms with E-state index < -0.39 is 0 Å². The zero-order chi connectivity index (χ0) is 16.1. The van der Waals surface area contributed by atoms with E-state index in [-0.39, 0.29) is 0 Å². The van der Waals surface area contributed by atoms with E-state index in [2.05, 4.69) is 65.8 Å². The van der Waals surface area contributed by atoms with Gasteiger partial charge in [0.2, 0.25) is 5.13 Å². The Morgan fingerprint density at radius 3 is 2.52 bits per heavy atom. The molecule has 3 rings (SSSR count). The number of nitrogens with one attached hydrogen (secondary N) is 1. The van der Waals surface area contributed by atoms with E-state index in [1.54, 1.807) is 11.3 Å². The predicted octanol–water partition coefficient (Wildman–Crippen LogP) is 5.13. The van der Waals surface area contributed by atoms with Gasteiger partial charge in [-0.1, -0.05) is 61.5 Å². The molecular weight excluding hydrogens is 302 g/mol. The van der Waals surface area contributed by atoms with Gasteiger partial charge in [0.25, 0.3) is 0 Å². The van der Waals surface area contributed by atoms with Crippen LogP contribution in [-0.2, 0) is 6.42 Å². The molecule has 1 N–H and O–H groups in total. The fraction of sp³-hybridized carbons (Fsp3) is 0.158. The van der Waals surface area contributed by atoms with Crippen molar-refractivity contribution in [3.63, 3.8) is 0 Å². The lowest BCUT2D eigenvalue weighted by molar-refractivity contribution is 1.14. The van der Waals surface area contributed by atoms with E-state index in [1.807, 2.05) is 24.4 Å². The van der Waals surface area contributed by atoms with E-state index in [0.29, 0.717) is 0 Å². The van der Waals surface area contributed by atoms with Gasteiger partial charge in [0.15, 0.2) is 0 Å². The summed E-state index contributed by atoms with van der Waals surface area (Å²) >= 11 is 1.61. The molecule has 0 aliphatic rings. The van der Waals surface area contributed by atoms with Crippen molar-refractivity contribution in [1.82, 2.24) is 4.98 Å². The fourth-order valence-electron chi connectivity index (χ4n) is 2.31. The average molecular weight is 321 g/mol. The zero-order valence-corrected chi connectivity index (χ0v) is 14.1. The van der Waals surface area contributed by atoms with Gasteiger partial charge < -0.3 is 0 Å². The number of benzene rings is 2. The Morgan fingerprint density at radius 2 is 1.83 bits per heavy atom. The van der Waals surface area contributed by atoms with E-state index in [9.17, 15) is 0 Å². The second-order valence-corrected chi connectivity index (χ2v) is 6.46. The van der Waals surface area contributed by atoms with Crippen molar-refractivity contribution in [3.8, 4) is 11.3 Å². The molecule has 0 spiro atoms. The summed E-state index contributed by atoms with van der Waals surface area (Å²) in [5.41, 5.74) is 7.58. The average Bonchev–Trinajstić information content (AvgIpc) is 2.97. The van der Waals surface area contributed by atoms with Gasteiger partial charge in [-0.15, -0.1) is 11.3 Å². The highest BCUT2D eigenvalue weighted by atomic mass is 32.1. The molecule has 4 heteroatoms. The van der Waals surface area contributed by atoms with Gasteiger partial charge in [-0.2, -0.15) is 5.10 Å². The molecule has 0 saturated carbocycles. The van der Waals surface area contributed by atoms with Crippen molar-refractivity contribution in [2.45, 2.75) is 20.3 Å². The predicted molar refractivity (Wildman–Crippen MR) is 99.3 cm³/mol. The molecule has 23 heavy (non-hydrogen) atoms. The molecule has 0 amide bonds. The number of nitrogens with zero attached hydrogens (tertiary/aromatic N) is 2. The molecule has 2 aromatic carbocycles. The minimum atomic E-state index is 0.808. The molecule has 1 heterocycles. The molecular formula is C19H19N3S. The van der Waals surface area contributed by atoms with E-state index >= 15 is 0 Å². The van der Waals surface area contributed by atoms with Crippen LogP contribution in [0.5, 0.6) is 0 Å². The summed E-state index contributed by atoms with van der Waals surface area (Å²) in [7, 11) is 0. The number of anilines is 1. The van der Waals surface area contributed by atoms with Crippen LogP contribution in [-0.4, -0.2) is 11.2 Å². The number of hydrazone groups is 1. The van der Waals surface area contributed by atoms with Crippen molar-refractivity contribution in [3.05, 3.63) is 70.6 Å². The largest absolute Gasteiger partial charge is 0.253 e. The van der Waals surface area contributed by atoms with Gasteiger partial charge in [-0.25, -0.2) is 4.98 Å². The van der Waals surface area contributed by atoms with E-state index in [0.717, 1.165) is 28.4 Å². The lowest BCUT2D eigenvalue weighted by Gasteiger charge is -1.98. The standard InChI is InChI=1S/C19H19N3S/c1-3-15-9-11-16(12-10-15)13-20-22-19-21-18(14(2)23-19)17-7-5-4-6-8-17/h4-13H,3H2,1-2H3,(H,21,22)/b20-13+. The van der Waals surface area contributed by atoms with Crippen LogP contribution in [0.4, 0.5) is 5.13 Å². The Hall–Kier alpha value is -2.46. The molecule has 0 unspecified atom stereocenters. The van der Waals surface area contributed by atoms with Gasteiger partial charge in [0, 0.05) is 10.4 Å². The second-order valence-electron chi connectivity index (χ2n) is 5.25. The molecule has 0 aliphatic heterocycles. The molecule has 0 saturated heterocycles. The normalized spacial score (nSPS) is 11.0. The third-order valence-electron chi connectivity index (χ3n) is 3.61. The van der Waals surface area contributed by atoms with Crippen molar-refractivity contribution in [2.24, 2.45) is 5.10 Å². The molecule has 0 bridgehead atoms. The smallest absolute Gasteiger partial charge is 0.204 e. The summed E-state index contributed by atoms with van der Waals surface area (Å²) in [6.07, 6.45) is 2.87. The number of rotatable bonds is 5. The van der Waals surface area contributed by atoms with E-state index in [4.69, 9.17) is 0 Å². The van der Waals surface area contributed by atoms with Crippen LogP contribution in [0.1, 0.15) is 22.9 Å². The molecule has 0 radical (unpaired) electrons. The first-order chi connectivity index (χ1) is 11.3. The van der Waals surface area contributed by atoms with Crippen molar-refractivity contribution < 1.29 is 0 Å². The Balaban J connectivity index is 1.70. The Labute approximate surface area is 140 Å². The van der Waals surface area contributed by atoms with E-state index in [1.165, 1.54) is 10.4 Å². The number of aromatic nitrogens is 1. The highest BCUT2D eigenvalue weighted by molar-refractivity contribution is 7.15. The minimum Gasteiger partial charge on any atom is -0.253 e. The molecule has 3 aromatic rings.